The van der Waals surface area contributed by atoms with E-state index in [1.807, 2.05) is 12.1 Å². The Labute approximate surface area is 90.9 Å². The zero-order valence-corrected chi connectivity index (χ0v) is 8.40. The van der Waals surface area contributed by atoms with E-state index in [0.717, 1.165) is 0 Å². The molecule has 1 aliphatic rings. The molecular weight excluding hydrogens is 208 g/mol. The molecule has 0 spiro atoms. The van der Waals surface area contributed by atoms with Gasteiger partial charge in [0.1, 0.15) is 17.4 Å². The molecule has 2 heterocycles. The van der Waals surface area contributed by atoms with E-state index in [9.17, 15) is 4.79 Å². The summed E-state index contributed by atoms with van der Waals surface area (Å²) in [6, 6.07) is 8.56. The summed E-state index contributed by atoms with van der Waals surface area (Å²) in [5.41, 5.74) is 5.95. The monoisotopic (exact) mass is 218 g/mol. The van der Waals surface area contributed by atoms with Gasteiger partial charge in [0.15, 0.2) is 5.43 Å². The number of rotatable bonds is 1. The molecule has 1 aromatic heterocycles. The van der Waals surface area contributed by atoms with Gasteiger partial charge in [-0.3, -0.25) is 9.63 Å². The maximum atomic E-state index is 11.8. The molecule has 1 saturated heterocycles. The van der Waals surface area contributed by atoms with Gasteiger partial charge in [0.25, 0.3) is 0 Å². The van der Waals surface area contributed by atoms with Crippen LogP contribution in [0.3, 0.4) is 0 Å². The highest BCUT2D eigenvalue weighted by Crippen LogP contribution is 2.18. The van der Waals surface area contributed by atoms with E-state index < -0.39 is 0 Å². The Hall–Kier alpha value is -1.69. The second kappa shape index (κ2) is 3.71. The summed E-state index contributed by atoms with van der Waals surface area (Å²) in [6.45, 7) is 0.432. The number of hydrogen-bond acceptors (Lipinski definition) is 5. The van der Waals surface area contributed by atoms with Gasteiger partial charge in [-0.15, -0.1) is 5.59 Å². The molecule has 1 aliphatic heterocycles. The zero-order valence-electron chi connectivity index (χ0n) is 8.40. The molecule has 0 radical (unpaired) electrons. The van der Waals surface area contributed by atoms with Crippen LogP contribution in [0.25, 0.3) is 11.0 Å². The predicted molar refractivity (Wildman–Crippen MR) is 57.4 cm³/mol. The first-order valence-corrected chi connectivity index (χ1v) is 5.00. The summed E-state index contributed by atoms with van der Waals surface area (Å²) >= 11 is 0. The standard InChI is InChI=1S/C11H10N2O3/c14-9-5-11(8-6-15-13-12-8)16-10-4-2-1-3-7(9)10/h1-5,8,12-13H,6H2. The van der Waals surface area contributed by atoms with Gasteiger partial charge in [-0.25, -0.2) is 5.43 Å². The summed E-state index contributed by atoms with van der Waals surface area (Å²) < 4.78 is 5.64. The molecule has 1 atom stereocenters. The zero-order chi connectivity index (χ0) is 11.0. The minimum atomic E-state index is -0.127. The largest absolute Gasteiger partial charge is 0.459 e. The quantitative estimate of drug-likeness (QED) is 0.743. The van der Waals surface area contributed by atoms with Gasteiger partial charge in [0, 0.05) is 6.07 Å². The van der Waals surface area contributed by atoms with Gasteiger partial charge in [0.2, 0.25) is 0 Å². The molecular formula is C11H10N2O3. The average molecular weight is 218 g/mol. The lowest BCUT2D eigenvalue weighted by atomic mass is 10.2. The molecule has 3 rings (SSSR count). The minimum Gasteiger partial charge on any atom is -0.459 e. The lowest BCUT2D eigenvalue weighted by Crippen LogP contribution is -2.24. The molecule has 0 saturated carbocycles. The average Bonchev–Trinajstić information content (AvgIpc) is 2.82. The molecule has 0 amide bonds. The third-order valence-corrected chi connectivity index (χ3v) is 2.55. The van der Waals surface area contributed by atoms with Crippen LogP contribution in [0.2, 0.25) is 0 Å². The van der Waals surface area contributed by atoms with E-state index in [2.05, 4.69) is 11.0 Å². The van der Waals surface area contributed by atoms with Crippen molar-refractivity contribution in [1.29, 1.82) is 0 Å². The Morgan fingerprint density at radius 3 is 3.00 bits per heavy atom. The second-order valence-corrected chi connectivity index (χ2v) is 3.62. The van der Waals surface area contributed by atoms with E-state index in [4.69, 9.17) is 9.25 Å². The predicted octanol–water partition coefficient (Wildman–Crippen LogP) is 0.873. The van der Waals surface area contributed by atoms with Crippen molar-refractivity contribution in [3.8, 4) is 0 Å². The van der Waals surface area contributed by atoms with Gasteiger partial charge >= 0.3 is 0 Å². The van der Waals surface area contributed by atoms with Crippen LogP contribution in [0.5, 0.6) is 0 Å². The van der Waals surface area contributed by atoms with Crippen LogP contribution in [0, 0.1) is 0 Å². The summed E-state index contributed by atoms with van der Waals surface area (Å²) in [4.78, 5) is 16.7. The number of nitrogens with one attached hydrogen (secondary N) is 2. The molecule has 82 valence electrons. The highest BCUT2D eigenvalue weighted by Gasteiger charge is 2.20. The SMILES string of the molecule is O=c1cc(C2CONN2)oc2ccccc12. The van der Waals surface area contributed by atoms with Crippen molar-refractivity contribution in [2.45, 2.75) is 6.04 Å². The van der Waals surface area contributed by atoms with Gasteiger partial charge < -0.3 is 4.42 Å². The van der Waals surface area contributed by atoms with Gasteiger partial charge in [0.05, 0.1) is 12.0 Å². The van der Waals surface area contributed by atoms with Crippen LogP contribution in [0.1, 0.15) is 11.8 Å². The van der Waals surface area contributed by atoms with Crippen LogP contribution in [-0.4, -0.2) is 6.61 Å². The minimum absolute atomic E-state index is 0.0365. The summed E-state index contributed by atoms with van der Waals surface area (Å²) in [7, 11) is 0. The van der Waals surface area contributed by atoms with E-state index in [1.165, 1.54) is 6.07 Å². The lowest BCUT2D eigenvalue weighted by molar-refractivity contribution is 0.0844. The maximum absolute atomic E-state index is 11.8. The highest BCUT2D eigenvalue weighted by atomic mass is 16.7. The van der Waals surface area contributed by atoms with E-state index in [0.29, 0.717) is 23.3 Å². The molecule has 2 N–H and O–H groups in total. The summed E-state index contributed by atoms with van der Waals surface area (Å²) in [5.74, 6) is 0.578. The summed E-state index contributed by atoms with van der Waals surface area (Å²) in [5, 5.41) is 0.595. The van der Waals surface area contributed by atoms with Crippen LogP contribution in [0.15, 0.2) is 39.5 Å². The second-order valence-electron chi connectivity index (χ2n) is 3.62. The topological polar surface area (TPSA) is 63.5 Å². The summed E-state index contributed by atoms with van der Waals surface area (Å²) in [6.07, 6.45) is 0. The lowest BCUT2D eigenvalue weighted by Gasteiger charge is -2.06. The third-order valence-electron chi connectivity index (χ3n) is 2.55. The van der Waals surface area contributed by atoms with Crippen molar-refractivity contribution in [2.24, 2.45) is 0 Å². The molecule has 0 aliphatic carbocycles. The van der Waals surface area contributed by atoms with E-state index in [-0.39, 0.29) is 11.5 Å². The fourth-order valence-electron chi connectivity index (χ4n) is 1.73. The van der Waals surface area contributed by atoms with Crippen molar-refractivity contribution < 1.29 is 9.25 Å². The Balaban J connectivity index is 2.17. The molecule has 16 heavy (non-hydrogen) atoms. The molecule has 1 unspecified atom stereocenters. The highest BCUT2D eigenvalue weighted by molar-refractivity contribution is 5.76. The Kier molecular flexibility index (Phi) is 2.21. The molecule has 5 heteroatoms. The van der Waals surface area contributed by atoms with Crippen molar-refractivity contribution in [3.05, 3.63) is 46.3 Å². The van der Waals surface area contributed by atoms with Crippen LogP contribution in [-0.2, 0) is 4.84 Å². The smallest absolute Gasteiger partial charge is 0.193 e. The number of hydrazine groups is 1. The van der Waals surface area contributed by atoms with Crippen molar-refractivity contribution >= 4 is 11.0 Å². The van der Waals surface area contributed by atoms with Gasteiger partial charge in [-0.1, -0.05) is 12.1 Å². The number of fused-ring (bicyclic) bond motifs is 1. The third kappa shape index (κ3) is 1.51. The number of para-hydroxylation sites is 1. The Morgan fingerprint density at radius 2 is 2.19 bits per heavy atom. The fraction of sp³-hybridized carbons (Fsp3) is 0.182. The van der Waals surface area contributed by atoms with E-state index in [1.54, 1.807) is 12.1 Å². The van der Waals surface area contributed by atoms with Crippen LogP contribution in [0.4, 0.5) is 0 Å². The molecule has 5 nitrogen and oxygen atoms in total. The maximum Gasteiger partial charge on any atom is 0.193 e. The Morgan fingerprint density at radius 1 is 1.31 bits per heavy atom. The molecule has 1 aromatic carbocycles. The van der Waals surface area contributed by atoms with Gasteiger partial charge in [-0.2, -0.15) is 0 Å². The Bertz CT molecular complexity index is 573. The first kappa shape index (κ1) is 9.53. The van der Waals surface area contributed by atoms with Crippen molar-refractivity contribution in [3.63, 3.8) is 0 Å². The first-order chi connectivity index (χ1) is 7.84. The fourth-order valence-corrected chi connectivity index (χ4v) is 1.73. The number of hydrogen-bond donors (Lipinski definition) is 2. The normalized spacial score (nSPS) is 20.4. The van der Waals surface area contributed by atoms with Crippen molar-refractivity contribution in [2.75, 3.05) is 6.61 Å². The molecule has 1 fully saturated rings. The van der Waals surface area contributed by atoms with Crippen molar-refractivity contribution in [1.82, 2.24) is 11.0 Å². The van der Waals surface area contributed by atoms with Crippen LogP contribution < -0.4 is 16.4 Å². The van der Waals surface area contributed by atoms with E-state index >= 15 is 0 Å². The molecule has 2 aromatic rings. The number of benzene rings is 1. The van der Waals surface area contributed by atoms with Crippen LogP contribution >= 0.6 is 0 Å². The first-order valence-electron chi connectivity index (χ1n) is 5.00. The molecule has 0 bridgehead atoms. The van der Waals surface area contributed by atoms with Gasteiger partial charge in [-0.05, 0) is 12.1 Å².